The van der Waals surface area contributed by atoms with E-state index in [9.17, 15) is 14.7 Å². The summed E-state index contributed by atoms with van der Waals surface area (Å²) >= 11 is 0. The van der Waals surface area contributed by atoms with E-state index >= 15 is 0 Å². The number of likely N-dealkylation sites (N-methyl/N-ethyl adjacent to an activating group) is 1. The van der Waals surface area contributed by atoms with Crippen LogP contribution >= 0.6 is 0 Å². The molecule has 0 aliphatic carbocycles. The molecule has 32 heavy (non-hydrogen) atoms. The van der Waals surface area contributed by atoms with Crippen LogP contribution in [0.2, 0.25) is 0 Å². The largest absolute Gasteiger partial charge is 0.507 e. The molecule has 6 nitrogen and oxygen atoms in total. The monoisotopic (exact) mass is 436 g/mol. The Kier molecular flexibility index (Phi) is 6.74. The van der Waals surface area contributed by atoms with Crippen LogP contribution in [0, 0.1) is 0 Å². The maximum Gasteiger partial charge on any atom is 0.295 e. The predicted octanol–water partition coefficient (Wildman–Crippen LogP) is 3.98. The molecule has 0 saturated carbocycles. The number of ketones is 1. The third-order valence-corrected chi connectivity index (χ3v) is 5.78. The number of likely N-dealkylation sites (tertiary alicyclic amines) is 1. The summed E-state index contributed by atoms with van der Waals surface area (Å²) in [5, 5.41) is 11.2. The number of aliphatic hydroxyl groups is 1. The normalized spacial score (nSPS) is 18.5. The molecule has 2 aromatic rings. The third-order valence-electron chi connectivity index (χ3n) is 5.78. The van der Waals surface area contributed by atoms with Crippen molar-refractivity contribution in [2.24, 2.45) is 0 Å². The van der Waals surface area contributed by atoms with Crippen molar-refractivity contribution in [3.05, 3.63) is 70.8 Å². The maximum absolute atomic E-state index is 13.1. The van der Waals surface area contributed by atoms with Gasteiger partial charge in [0, 0.05) is 13.1 Å². The van der Waals surface area contributed by atoms with Gasteiger partial charge in [-0.15, -0.1) is 0 Å². The van der Waals surface area contributed by atoms with E-state index in [2.05, 4.69) is 20.8 Å². The molecular weight excluding hydrogens is 404 g/mol. The molecule has 6 heteroatoms. The zero-order valence-electron chi connectivity index (χ0n) is 19.7. The standard InChI is InChI=1S/C26H32N2O4/c1-26(2,3)18-13-11-17(12-14-18)22-21(23(29)19-9-7-8-10-20(19)32-6)24(30)25(31)28(22)16-15-27(4)5/h7-14,22,29H,15-16H2,1-6H3/b23-21-. The van der Waals surface area contributed by atoms with E-state index in [0.29, 0.717) is 24.4 Å². The Morgan fingerprint density at radius 2 is 1.69 bits per heavy atom. The second-order valence-electron chi connectivity index (χ2n) is 9.37. The van der Waals surface area contributed by atoms with Crippen LogP contribution in [-0.2, 0) is 15.0 Å². The highest BCUT2D eigenvalue weighted by molar-refractivity contribution is 6.46. The van der Waals surface area contributed by atoms with Gasteiger partial charge in [-0.05, 0) is 42.8 Å². The van der Waals surface area contributed by atoms with Gasteiger partial charge in [0.25, 0.3) is 11.7 Å². The quantitative estimate of drug-likeness (QED) is 0.421. The average molecular weight is 437 g/mol. The van der Waals surface area contributed by atoms with Crippen LogP contribution in [0.4, 0.5) is 0 Å². The summed E-state index contributed by atoms with van der Waals surface area (Å²) in [6, 6.07) is 14.2. The molecule has 1 heterocycles. The predicted molar refractivity (Wildman–Crippen MR) is 126 cm³/mol. The second-order valence-corrected chi connectivity index (χ2v) is 9.37. The molecule has 0 radical (unpaired) electrons. The maximum atomic E-state index is 13.1. The number of hydrogen-bond acceptors (Lipinski definition) is 5. The number of aliphatic hydroxyl groups excluding tert-OH is 1. The minimum Gasteiger partial charge on any atom is -0.507 e. The van der Waals surface area contributed by atoms with E-state index in [1.165, 1.54) is 7.11 Å². The van der Waals surface area contributed by atoms with Gasteiger partial charge in [-0.3, -0.25) is 9.59 Å². The van der Waals surface area contributed by atoms with Crippen molar-refractivity contribution in [2.45, 2.75) is 32.2 Å². The highest BCUT2D eigenvalue weighted by Gasteiger charge is 2.46. The Hall–Kier alpha value is -3.12. The molecule has 1 saturated heterocycles. The van der Waals surface area contributed by atoms with Gasteiger partial charge >= 0.3 is 0 Å². The number of hydrogen-bond donors (Lipinski definition) is 1. The highest BCUT2D eigenvalue weighted by atomic mass is 16.5. The van der Waals surface area contributed by atoms with Gasteiger partial charge in [-0.25, -0.2) is 0 Å². The number of rotatable bonds is 6. The van der Waals surface area contributed by atoms with Crippen LogP contribution < -0.4 is 4.74 Å². The Morgan fingerprint density at radius 1 is 1.06 bits per heavy atom. The molecule has 170 valence electrons. The number of carbonyl (C=O) groups excluding carboxylic acids is 2. The first-order chi connectivity index (χ1) is 15.1. The first-order valence-corrected chi connectivity index (χ1v) is 10.7. The van der Waals surface area contributed by atoms with E-state index in [0.717, 1.165) is 11.1 Å². The third kappa shape index (κ3) is 4.55. The Balaban J connectivity index is 2.17. The number of para-hydroxylation sites is 1. The van der Waals surface area contributed by atoms with Gasteiger partial charge in [-0.1, -0.05) is 57.2 Å². The van der Waals surface area contributed by atoms with Crippen LogP contribution in [0.1, 0.15) is 43.5 Å². The van der Waals surface area contributed by atoms with Crippen LogP contribution in [0.25, 0.3) is 5.76 Å². The first kappa shape index (κ1) is 23.5. The number of methoxy groups -OCH3 is 1. The molecule has 1 unspecified atom stereocenters. The Bertz CT molecular complexity index is 1030. The fourth-order valence-electron chi connectivity index (χ4n) is 3.92. The van der Waals surface area contributed by atoms with Crippen molar-refractivity contribution < 1.29 is 19.4 Å². The fourth-order valence-corrected chi connectivity index (χ4v) is 3.92. The van der Waals surface area contributed by atoms with Crippen molar-refractivity contribution in [1.82, 2.24) is 9.80 Å². The SMILES string of the molecule is COc1ccccc1/C(O)=C1/C(=O)C(=O)N(CCN(C)C)C1c1ccc(C(C)(C)C)cc1. The molecule has 0 bridgehead atoms. The van der Waals surface area contributed by atoms with Crippen LogP contribution in [0.3, 0.4) is 0 Å². The van der Waals surface area contributed by atoms with Gasteiger partial charge < -0.3 is 19.6 Å². The van der Waals surface area contributed by atoms with Crippen molar-refractivity contribution in [1.29, 1.82) is 0 Å². The van der Waals surface area contributed by atoms with Gasteiger partial charge in [0.2, 0.25) is 0 Å². The second kappa shape index (κ2) is 9.17. The zero-order chi connectivity index (χ0) is 23.6. The number of benzene rings is 2. The lowest BCUT2D eigenvalue weighted by molar-refractivity contribution is -0.140. The summed E-state index contributed by atoms with van der Waals surface area (Å²) in [5.41, 5.74) is 2.38. The summed E-state index contributed by atoms with van der Waals surface area (Å²) in [7, 11) is 5.33. The molecule has 1 fully saturated rings. The van der Waals surface area contributed by atoms with E-state index in [-0.39, 0.29) is 16.7 Å². The summed E-state index contributed by atoms with van der Waals surface area (Å²) in [5.74, 6) is -1.07. The summed E-state index contributed by atoms with van der Waals surface area (Å²) < 4.78 is 5.38. The fraction of sp³-hybridized carbons (Fsp3) is 0.385. The van der Waals surface area contributed by atoms with E-state index < -0.39 is 17.7 Å². The molecular formula is C26H32N2O4. The van der Waals surface area contributed by atoms with Crippen LogP contribution in [0.15, 0.2) is 54.1 Å². The Labute approximate surface area is 190 Å². The van der Waals surface area contributed by atoms with Gasteiger partial charge in [0.1, 0.15) is 11.5 Å². The minimum absolute atomic E-state index is 0.0251. The molecule has 1 amide bonds. The molecule has 0 spiro atoms. The van der Waals surface area contributed by atoms with Crippen molar-refractivity contribution in [2.75, 3.05) is 34.3 Å². The van der Waals surface area contributed by atoms with Crippen molar-refractivity contribution in [3.63, 3.8) is 0 Å². The van der Waals surface area contributed by atoms with Crippen LogP contribution in [-0.4, -0.2) is 60.9 Å². The minimum atomic E-state index is -0.683. The van der Waals surface area contributed by atoms with E-state index in [4.69, 9.17) is 4.74 Å². The van der Waals surface area contributed by atoms with Crippen molar-refractivity contribution >= 4 is 17.4 Å². The number of ether oxygens (including phenoxy) is 1. The number of Topliss-reactive ketones (excluding diaryl/α,β-unsaturated/α-hetero) is 1. The van der Waals surface area contributed by atoms with Crippen molar-refractivity contribution in [3.8, 4) is 5.75 Å². The zero-order valence-corrected chi connectivity index (χ0v) is 19.7. The molecule has 3 rings (SSSR count). The molecule has 0 aromatic heterocycles. The lowest BCUT2D eigenvalue weighted by atomic mass is 9.85. The van der Waals surface area contributed by atoms with Gasteiger partial charge in [-0.2, -0.15) is 0 Å². The Morgan fingerprint density at radius 3 is 2.25 bits per heavy atom. The molecule has 1 aliphatic rings. The lowest BCUT2D eigenvalue weighted by Crippen LogP contribution is -2.35. The van der Waals surface area contributed by atoms with E-state index in [1.807, 2.05) is 43.3 Å². The highest BCUT2D eigenvalue weighted by Crippen LogP contribution is 2.41. The average Bonchev–Trinajstić information content (AvgIpc) is 3.01. The number of carbonyl (C=O) groups is 2. The van der Waals surface area contributed by atoms with Crippen LogP contribution in [0.5, 0.6) is 5.75 Å². The number of nitrogens with zero attached hydrogens (tertiary/aromatic N) is 2. The topological polar surface area (TPSA) is 70.1 Å². The summed E-state index contributed by atoms with van der Waals surface area (Å²) in [4.78, 5) is 29.6. The molecule has 1 N–H and O–H groups in total. The number of amides is 1. The summed E-state index contributed by atoms with van der Waals surface area (Å²) in [6.07, 6.45) is 0. The smallest absolute Gasteiger partial charge is 0.295 e. The van der Waals surface area contributed by atoms with Gasteiger partial charge in [0.05, 0.1) is 24.3 Å². The molecule has 2 aromatic carbocycles. The first-order valence-electron chi connectivity index (χ1n) is 10.7. The van der Waals surface area contributed by atoms with Gasteiger partial charge in [0.15, 0.2) is 0 Å². The van der Waals surface area contributed by atoms with E-state index in [1.54, 1.807) is 29.2 Å². The summed E-state index contributed by atoms with van der Waals surface area (Å²) in [6.45, 7) is 7.36. The molecule has 1 atom stereocenters. The lowest BCUT2D eigenvalue weighted by Gasteiger charge is -2.27. The molecule has 1 aliphatic heterocycles.